The molecule has 1 fully saturated rings. The summed E-state index contributed by atoms with van der Waals surface area (Å²) in [5, 5.41) is 18.8. The van der Waals surface area contributed by atoms with Crippen LogP contribution in [0.15, 0.2) is 18.2 Å². The summed E-state index contributed by atoms with van der Waals surface area (Å²) in [7, 11) is 1.50. The van der Waals surface area contributed by atoms with Crippen LogP contribution in [0.4, 0.5) is 9.59 Å². The van der Waals surface area contributed by atoms with E-state index in [0.29, 0.717) is 22.9 Å². The minimum absolute atomic E-state index is 0.128. The number of halogens is 1. The van der Waals surface area contributed by atoms with Crippen molar-refractivity contribution in [1.29, 1.82) is 0 Å². The molecule has 0 radical (unpaired) electrons. The Kier molecular flexibility index (Phi) is 5.97. The number of carboxylic acid groups (broad SMARTS) is 2. The highest BCUT2D eigenvalue weighted by Crippen LogP contribution is 2.30. The predicted molar refractivity (Wildman–Crippen MR) is 86.2 cm³/mol. The maximum Gasteiger partial charge on any atom is 0.407 e. The van der Waals surface area contributed by atoms with Gasteiger partial charge >= 0.3 is 12.2 Å². The Bertz CT molecular complexity index is 612. The lowest BCUT2D eigenvalue weighted by molar-refractivity contribution is 0.0561. The Balaban J connectivity index is 1.97. The van der Waals surface area contributed by atoms with Crippen molar-refractivity contribution in [3.05, 3.63) is 23.2 Å². The van der Waals surface area contributed by atoms with E-state index >= 15 is 0 Å². The number of benzene rings is 1. The maximum absolute atomic E-state index is 11.3. The van der Waals surface area contributed by atoms with Crippen LogP contribution in [-0.2, 0) is 0 Å². The monoisotopic (exact) mass is 358 g/mol. The summed E-state index contributed by atoms with van der Waals surface area (Å²) >= 11 is 5.88. The fraction of sp³-hybridized carbons (Fsp3) is 0.467. The highest BCUT2D eigenvalue weighted by atomic mass is 35.5. The quantitative estimate of drug-likeness (QED) is 0.838. The van der Waals surface area contributed by atoms with E-state index in [2.05, 4.69) is 0 Å². The summed E-state index contributed by atoms with van der Waals surface area (Å²) in [4.78, 5) is 24.9. The molecule has 1 aromatic rings. The predicted octanol–water partition coefficient (Wildman–Crippen LogP) is 2.46. The molecule has 0 unspecified atom stereocenters. The van der Waals surface area contributed by atoms with Crippen molar-refractivity contribution in [3.8, 4) is 11.5 Å². The van der Waals surface area contributed by atoms with Gasteiger partial charge in [-0.15, -0.1) is 0 Å². The van der Waals surface area contributed by atoms with Crippen LogP contribution < -0.4 is 9.47 Å². The van der Waals surface area contributed by atoms with Crippen LogP contribution in [0.5, 0.6) is 11.5 Å². The first-order valence-electron chi connectivity index (χ1n) is 7.36. The molecule has 8 nitrogen and oxygen atoms in total. The fourth-order valence-electron chi connectivity index (χ4n) is 2.59. The molecule has 1 atom stereocenters. The molecule has 1 aliphatic rings. The molecule has 0 aliphatic carbocycles. The van der Waals surface area contributed by atoms with Crippen LogP contribution in [0.1, 0.15) is 6.42 Å². The summed E-state index contributed by atoms with van der Waals surface area (Å²) < 4.78 is 10.8. The Morgan fingerprint density at radius 2 is 2.00 bits per heavy atom. The zero-order chi connectivity index (χ0) is 17.7. The number of methoxy groups -OCH3 is 1. The van der Waals surface area contributed by atoms with Gasteiger partial charge in [-0.2, -0.15) is 0 Å². The zero-order valence-corrected chi connectivity index (χ0v) is 13.9. The van der Waals surface area contributed by atoms with Crippen LogP contribution in [0.25, 0.3) is 0 Å². The molecule has 2 N–H and O–H groups in total. The van der Waals surface area contributed by atoms with Gasteiger partial charge in [0.2, 0.25) is 0 Å². The Labute approximate surface area is 144 Å². The average Bonchev–Trinajstić information content (AvgIpc) is 2.55. The highest BCUT2D eigenvalue weighted by molar-refractivity contribution is 6.30. The molecule has 0 saturated carbocycles. The molecule has 1 saturated heterocycles. The number of amides is 2. The van der Waals surface area contributed by atoms with Crippen molar-refractivity contribution in [3.63, 3.8) is 0 Å². The topological polar surface area (TPSA) is 99.5 Å². The lowest BCUT2D eigenvalue weighted by Crippen LogP contribution is -2.56. The van der Waals surface area contributed by atoms with Crippen molar-refractivity contribution >= 4 is 23.8 Å². The van der Waals surface area contributed by atoms with Gasteiger partial charge in [0.05, 0.1) is 19.8 Å². The summed E-state index contributed by atoms with van der Waals surface area (Å²) in [6.45, 7) is 0.670. The van der Waals surface area contributed by atoms with Gasteiger partial charge in [-0.25, -0.2) is 9.59 Å². The number of hydrogen-bond acceptors (Lipinski definition) is 4. The Morgan fingerprint density at radius 1 is 1.25 bits per heavy atom. The molecule has 132 valence electrons. The number of rotatable bonds is 5. The molecule has 24 heavy (non-hydrogen) atoms. The van der Waals surface area contributed by atoms with Crippen molar-refractivity contribution in [2.24, 2.45) is 0 Å². The van der Waals surface area contributed by atoms with E-state index in [1.807, 2.05) is 0 Å². The van der Waals surface area contributed by atoms with Crippen molar-refractivity contribution in [2.75, 3.05) is 33.4 Å². The Morgan fingerprint density at radius 3 is 2.62 bits per heavy atom. The summed E-state index contributed by atoms with van der Waals surface area (Å²) in [5.74, 6) is 0.975. The molecular weight excluding hydrogens is 340 g/mol. The molecule has 1 aliphatic heterocycles. The van der Waals surface area contributed by atoms with Crippen LogP contribution in [0.2, 0.25) is 5.02 Å². The van der Waals surface area contributed by atoms with Gasteiger partial charge in [0.25, 0.3) is 0 Å². The van der Waals surface area contributed by atoms with E-state index in [1.54, 1.807) is 18.2 Å². The standard InChI is InChI=1S/C15H19ClN2O6/c1-23-13-8-10(16)2-3-12(13)24-7-4-11-9-17(14(19)20)5-6-18(11)15(21)22/h2-3,8,11H,4-7,9H2,1H3,(H,19,20)(H,21,22)/t11-/m1/s1. The molecule has 2 rings (SSSR count). The Hall–Kier alpha value is -2.35. The summed E-state index contributed by atoms with van der Waals surface area (Å²) in [6, 6.07) is 4.49. The zero-order valence-electron chi connectivity index (χ0n) is 13.1. The van der Waals surface area contributed by atoms with Crippen molar-refractivity contribution < 1.29 is 29.3 Å². The van der Waals surface area contributed by atoms with Crippen molar-refractivity contribution in [2.45, 2.75) is 12.5 Å². The second-order valence-electron chi connectivity index (χ2n) is 5.29. The average molecular weight is 359 g/mol. The number of hydrogen-bond donors (Lipinski definition) is 2. The van der Waals surface area contributed by atoms with Gasteiger partial charge in [0, 0.05) is 37.1 Å². The smallest absolute Gasteiger partial charge is 0.407 e. The van der Waals surface area contributed by atoms with Gasteiger partial charge in [-0.3, -0.25) is 0 Å². The fourth-order valence-corrected chi connectivity index (χ4v) is 2.76. The first kappa shape index (κ1) is 18.0. The molecule has 9 heteroatoms. The normalized spacial score (nSPS) is 17.5. The summed E-state index contributed by atoms with van der Waals surface area (Å²) in [5.41, 5.74) is 0. The third kappa shape index (κ3) is 4.35. The first-order chi connectivity index (χ1) is 11.4. The largest absolute Gasteiger partial charge is 0.493 e. The molecule has 0 spiro atoms. The minimum atomic E-state index is -1.06. The number of piperazine rings is 1. The van der Waals surface area contributed by atoms with Crippen LogP contribution in [-0.4, -0.2) is 71.6 Å². The summed E-state index contributed by atoms with van der Waals surface area (Å²) in [6.07, 6.45) is -1.75. The number of carbonyl (C=O) groups is 2. The van der Waals surface area contributed by atoms with Crippen molar-refractivity contribution in [1.82, 2.24) is 9.80 Å². The molecular formula is C15H19ClN2O6. The maximum atomic E-state index is 11.3. The molecule has 2 amide bonds. The van der Waals surface area contributed by atoms with Gasteiger partial charge in [0.15, 0.2) is 11.5 Å². The van der Waals surface area contributed by atoms with Crippen LogP contribution >= 0.6 is 11.6 Å². The third-order valence-electron chi connectivity index (χ3n) is 3.83. The molecule has 1 aromatic carbocycles. The lowest BCUT2D eigenvalue weighted by atomic mass is 10.1. The van der Waals surface area contributed by atoms with Gasteiger partial charge in [-0.1, -0.05) is 11.6 Å². The van der Waals surface area contributed by atoms with Gasteiger partial charge in [-0.05, 0) is 12.1 Å². The van der Waals surface area contributed by atoms with E-state index in [0.717, 1.165) is 0 Å². The minimum Gasteiger partial charge on any atom is -0.493 e. The van der Waals surface area contributed by atoms with E-state index in [-0.39, 0.29) is 26.2 Å². The second kappa shape index (κ2) is 7.96. The third-order valence-corrected chi connectivity index (χ3v) is 4.07. The molecule has 0 bridgehead atoms. The molecule has 0 aromatic heterocycles. The highest BCUT2D eigenvalue weighted by Gasteiger charge is 2.32. The van der Waals surface area contributed by atoms with E-state index < -0.39 is 18.2 Å². The van der Waals surface area contributed by atoms with Gasteiger partial charge < -0.3 is 29.5 Å². The van der Waals surface area contributed by atoms with E-state index in [4.69, 9.17) is 26.2 Å². The van der Waals surface area contributed by atoms with E-state index in [1.165, 1.54) is 16.9 Å². The SMILES string of the molecule is COc1cc(Cl)ccc1OCC[C@@H]1CN(C(=O)O)CCN1C(=O)O. The number of nitrogens with zero attached hydrogens (tertiary/aromatic N) is 2. The van der Waals surface area contributed by atoms with Gasteiger partial charge in [0.1, 0.15) is 0 Å². The van der Waals surface area contributed by atoms with E-state index in [9.17, 15) is 14.7 Å². The van der Waals surface area contributed by atoms with Crippen LogP contribution in [0.3, 0.4) is 0 Å². The first-order valence-corrected chi connectivity index (χ1v) is 7.74. The van der Waals surface area contributed by atoms with Crippen LogP contribution in [0, 0.1) is 0 Å². The number of ether oxygens (including phenoxy) is 2. The lowest BCUT2D eigenvalue weighted by Gasteiger charge is -2.38. The second-order valence-corrected chi connectivity index (χ2v) is 5.73. The molecule has 1 heterocycles.